The second-order valence-corrected chi connectivity index (χ2v) is 9.68. The minimum Gasteiger partial charge on any atom is -0.485 e. The molecule has 4 aromatic carbocycles. The van der Waals surface area contributed by atoms with E-state index in [9.17, 15) is 19.5 Å². The fourth-order valence-electron chi connectivity index (χ4n) is 4.19. The average Bonchev–Trinajstić information content (AvgIpc) is 3.04. The smallest absolute Gasteiger partial charge is 0.407 e. The van der Waals surface area contributed by atoms with Gasteiger partial charge in [0.25, 0.3) is 5.91 Å². The molecule has 1 atom stereocenters. The van der Waals surface area contributed by atoms with Crippen LogP contribution >= 0.6 is 0 Å². The first-order valence-electron chi connectivity index (χ1n) is 13.9. The number of hydrogen-bond acceptors (Lipinski definition) is 6. The molecule has 222 valence electrons. The number of rotatable bonds is 15. The van der Waals surface area contributed by atoms with E-state index >= 15 is 0 Å². The number of carbonyl (C=O) groups excluding carboxylic acids is 2. The number of amides is 2. The summed E-state index contributed by atoms with van der Waals surface area (Å²) in [6.07, 6.45) is -0.216. The highest BCUT2D eigenvalue weighted by atomic mass is 16.5. The number of nitrogens with one attached hydrogen (secondary N) is 2. The topological polar surface area (TPSA) is 123 Å². The fraction of sp³-hybridized carbons (Fsp3) is 0.206. The minimum absolute atomic E-state index is 0.0877. The molecule has 0 saturated carbocycles. The van der Waals surface area contributed by atoms with Crippen molar-refractivity contribution < 1.29 is 33.7 Å². The Hall–Kier alpha value is -5.31. The maximum atomic E-state index is 13.4. The number of aliphatic carboxylic acids is 1. The summed E-state index contributed by atoms with van der Waals surface area (Å²) in [5, 5.41) is 15.0. The predicted molar refractivity (Wildman–Crippen MR) is 161 cm³/mol. The van der Waals surface area contributed by atoms with E-state index < -0.39 is 24.0 Å². The molecule has 4 rings (SSSR count). The van der Waals surface area contributed by atoms with E-state index in [4.69, 9.17) is 14.2 Å². The monoisotopic (exact) mass is 582 g/mol. The summed E-state index contributed by atoms with van der Waals surface area (Å²) in [6.45, 7) is 0.748. The van der Waals surface area contributed by atoms with Crippen molar-refractivity contribution in [2.45, 2.75) is 38.7 Å². The predicted octanol–water partition coefficient (Wildman–Crippen LogP) is 5.73. The van der Waals surface area contributed by atoms with Crippen molar-refractivity contribution in [3.8, 4) is 11.5 Å². The van der Waals surface area contributed by atoms with Crippen molar-refractivity contribution in [3.63, 3.8) is 0 Å². The van der Waals surface area contributed by atoms with Crippen LogP contribution in [0.25, 0.3) is 0 Å². The van der Waals surface area contributed by atoms with E-state index in [0.717, 1.165) is 16.7 Å². The normalized spacial score (nSPS) is 11.2. The van der Waals surface area contributed by atoms with Gasteiger partial charge in [-0.2, -0.15) is 0 Å². The first-order chi connectivity index (χ1) is 21.0. The molecule has 0 aliphatic carbocycles. The lowest BCUT2D eigenvalue weighted by atomic mass is 10.1. The molecule has 0 spiro atoms. The van der Waals surface area contributed by atoms with Crippen LogP contribution in [0, 0.1) is 0 Å². The Labute approximate surface area is 250 Å². The Morgan fingerprint density at radius 3 is 1.81 bits per heavy atom. The van der Waals surface area contributed by atoms with Crippen LogP contribution in [-0.2, 0) is 29.4 Å². The summed E-state index contributed by atoms with van der Waals surface area (Å²) in [5.41, 5.74) is 2.84. The zero-order chi connectivity index (χ0) is 30.3. The van der Waals surface area contributed by atoms with Crippen molar-refractivity contribution >= 4 is 18.0 Å². The van der Waals surface area contributed by atoms with Gasteiger partial charge in [-0.25, -0.2) is 9.59 Å². The first kappa shape index (κ1) is 30.6. The van der Waals surface area contributed by atoms with Crippen molar-refractivity contribution in [1.82, 2.24) is 10.6 Å². The SMILES string of the molecule is O=C(NCCC[C@@H](NC(=O)c1cccc(OCc2ccccc2)c1OCc1ccccc1)C(=O)O)OCc1ccccc1. The third kappa shape index (κ3) is 9.93. The first-order valence-corrected chi connectivity index (χ1v) is 13.9. The van der Waals surface area contributed by atoms with Crippen LogP contribution in [-0.4, -0.2) is 35.7 Å². The molecular weight excluding hydrogens is 548 g/mol. The summed E-state index contributed by atoms with van der Waals surface area (Å²) in [4.78, 5) is 37.4. The Morgan fingerprint density at radius 1 is 0.674 bits per heavy atom. The van der Waals surface area contributed by atoms with E-state index in [-0.39, 0.29) is 44.1 Å². The maximum Gasteiger partial charge on any atom is 0.407 e. The third-order valence-corrected chi connectivity index (χ3v) is 6.44. The summed E-state index contributed by atoms with van der Waals surface area (Å²) >= 11 is 0. The zero-order valence-corrected chi connectivity index (χ0v) is 23.6. The van der Waals surface area contributed by atoms with E-state index in [0.29, 0.717) is 12.2 Å². The molecule has 0 bridgehead atoms. The molecule has 0 radical (unpaired) electrons. The summed E-state index contributed by atoms with van der Waals surface area (Å²) in [5.74, 6) is -1.23. The molecule has 0 heterocycles. The molecule has 0 unspecified atom stereocenters. The number of carboxylic acid groups (broad SMARTS) is 1. The number of alkyl carbamates (subject to hydrolysis) is 1. The van der Waals surface area contributed by atoms with E-state index in [2.05, 4.69) is 10.6 Å². The quantitative estimate of drug-likeness (QED) is 0.153. The van der Waals surface area contributed by atoms with Gasteiger partial charge in [-0.3, -0.25) is 4.79 Å². The largest absolute Gasteiger partial charge is 0.485 e. The summed E-state index contributed by atoms with van der Waals surface area (Å²) in [7, 11) is 0. The number of ether oxygens (including phenoxy) is 3. The Morgan fingerprint density at radius 2 is 1.23 bits per heavy atom. The highest BCUT2D eigenvalue weighted by Gasteiger charge is 2.24. The molecule has 9 heteroatoms. The van der Waals surface area contributed by atoms with E-state index in [1.807, 2.05) is 91.0 Å². The highest BCUT2D eigenvalue weighted by Crippen LogP contribution is 2.33. The van der Waals surface area contributed by atoms with Crippen molar-refractivity contribution in [2.75, 3.05) is 6.54 Å². The third-order valence-electron chi connectivity index (χ3n) is 6.44. The van der Waals surface area contributed by atoms with Crippen molar-refractivity contribution in [1.29, 1.82) is 0 Å². The molecule has 4 aromatic rings. The highest BCUT2D eigenvalue weighted by molar-refractivity contribution is 5.99. The molecule has 3 N–H and O–H groups in total. The molecule has 2 amide bonds. The van der Waals surface area contributed by atoms with E-state index in [1.165, 1.54) is 0 Å². The molecule has 0 fully saturated rings. The Kier molecular flexibility index (Phi) is 11.6. The lowest BCUT2D eigenvalue weighted by Crippen LogP contribution is -2.41. The zero-order valence-electron chi connectivity index (χ0n) is 23.6. The van der Waals surface area contributed by atoms with Crippen LogP contribution < -0.4 is 20.1 Å². The van der Waals surface area contributed by atoms with Crippen LogP contribution in [0.2, 0.25) is 0 Å². The number of carbonyl (C=O) groups is 3. The second-order valence-electron chi connectivity index (χ2n) is 9.68. The van der Waals surface area contributed by atoms with Gasteiger partial charge in [0.05, 0.1) is 5.56 Å². The molecule has 0 aromatic heterocycles. The minimum atomic E-state index is -1.19. The van der Waals surface area contributed by atoms with Crippen LogP contribution in [0.15, 0.2) is 109 Å². The van der Waals surface area contributed by atoms with E-state index in [1.54, 1.807) is 18.2 Å². The fourth-order valence-corrected chi connectivity index (χ4v) is 4.19. The molecule has 9 nitrogen and oxygen atoms in total. The van der Waals surface area contributed by atoms with Gasteiger partial charge < -0.3 is 30.0 Å². The summed E-state index contributed by atoms with van der Waals surface area (Å²) < 4.78 is 17.3. The second kappa shape index (κ2) is 16.2. The molecular formula is C34H34N2O7. The van der Waals surface area contributed by atoms with Gasteiger partial charge in [0.1, 0.15) is 25.9 Å². The van der Waals surface area contributed by atoms with Crippen LogP contribution in [0.5, 0.6) is 11.5 Å². The van der Waals surface area contributed by atoms with Gasteiger partial charge in [-0.05, 0) is 41.7 Å². The number of hydrogen-bond donors (Lipinski definition) is 3. The molecule has 0 aliphatic rings. The average molecular weight is 583 g/mol. The number of para-hydroxylation sites is 1. The Bertz CT molecular complexity index is 1460. The van der Waals surface area contributed by atoms with Crippen LogP contribution in [0.3, 0.4) is 0 Å². The standard InChI is InChI=1S/C34H34N2O7/c37-32(36-29(33(38)39)19-11-21-35-34(40)43-24-27-16-8-3-9-17-27)28-18-10-20-30(41-22-25-12-4-1-5-13-25)31(28)42-23-26-14-6-2-7-15-26/h1-10,12-18,20,29H,11,19,21-24H2,(H,35,40)(H,36,37)(H,38,39)/t29-/m1/s1. The lowest BCUT2D eigenvalue weighted by molar-refractivity contribution is -0.139. The van der Waals surface area contributed by atoms with Gasteiger partial charge >= 0.3 is 12.1 Å². The number of carboxylic acids is 1. The summed E-state index contributed by atoms with van der Waals surface area (Å²) in [6, 6.07) is 32.1. The van der Waals surface area contributed by atoms with Crippen LogP contribution in [0.4, 0.5) is 4.79 Å². The van der Waals surface area contributed by atoms with Crippen molar-refractivity contribution in [2.24, 2.45) is 0 Å². The van der Waals surface area contributed by atoms with Crippen molar-refractivity contribution in [3.05, 3.63) is 131 Å². The Balaban J connectivity index is 1.37. The van der Waals surface area contributed by atoms with Gasteiger partial charge in [-0.15, -0.1) is 0 Å². The van der Waals surface area contributed by atoms with Crippen LogP contribution in [0.1, 0.15) is 39.9 Å². The van der Waals surface area contributed by atoms with Gasteiger partial charge in [0.2, 0.25) is 0 Å². The number of benzene rings is 4. The van der Waals surface area contributed by atoms with Gasteiger partial charge in [-0.1, -0.05) is 97.1 Å². The lowest BCUT2D eigenvalue weighted by Gasteiger charge is -2.19. The van der Waals surface area contributed by atoms with Gasteiger partial charge in [0, 0.05) is 6.54 Å². The molecule has 0 saturated heterocycles. The maximum absolute atomic E-state index is 13.4. The molecule has 43 heavy (non-hydrogen) atoms. The van der Waals surface area contributed by atoms with Gasteiger partial charge in [0.15, 0.2) is 11.5 Å². The molecule has 0 aliphatic heterocycles.